The summed E-state index contributed by atoms with van der Waals surface area (Å²) in [5, 5.41) is 2.27. The van der Waals surface area contributed by atoms with Crippen molar-refractivity contribution in [1.82, 2.24) is 0 Å². The van der Waals surface area contributed by atoms with Gasteiger partial charge < -0.3 is 0 Å². The van der Waals surface area contributed by atoms with Crippen LogP contribution < -0.4 is 0 Å². The summed E-state index contributed by atoms with van der Waals surface area (Å²) in [5.74, 6) is 0.297. The van der Waals surface area contributed by atoms with E-state index < -0.39 is 0 Å². The van der Waals surface area contributed by atoms with E-state index in [1.807, 2.05) is 18.2 Å². The van der Waals surface area contributed by atoms with Crippen molar-refractivity contribution in [3.05, 3.63) is 71.8 Å². The Morgan fingerprint density at radius 1 is 0.810 bits per heavy atom. The van der Waals surface area contributed by atoms with E-state index in [1.54, 1.807) is 0 Å². The van der Waals surface area contributed by atoms with Crippen LogP contribution in [0.3, 0.4) is 0 Å². The van der Waals surface area contributed by atoms with Crippen LogP contribution in [0.15, 0.2) is 60.7 Å². The van der Waals surface area contributed by atoms with E-state index in [-0.39, 0.29) is 0 Å². The summed E-state index contributed by atoms with van der Waals surface area (Å²) < 4.78 is 0. The van der Waals surface area contributed by atoms with Crippen LogP contribution in [-0.4, -0.2) is 5.78 Å². The van der Waals surface area contributed by atoms with Crippen molar-refractivity contribution in [3.63, 3.8) is 0 Å². The van der Waals surface area contributed by atoms with Gasteiger partial charge in [-0.05, 0) is 46.4 Å². The molecule has 0 N–H and O–H groups in total. The van der Waals surface area contributed by atoms with Gasteiger partial charge in [0.1, 0.15) is 0 Å². The van der Waals surface area contributed by atoms with Crippen molar-refractivity contribution >= 4 is 16.6 Å². The van der Waals surface area contributed by atoms with Gasteiger partial charge in [0.25, 0.3) is 0 Å². The quantitative estimate of drug-likeness (QED) is 0.607. The second-order valence-electron chi connectivity index (χ2n) is 5.64. The van der Waals surface area contributed by atoms with Gasteiger partial charge in [-0.2, -0.15) is 0 Å². The summed E-state index contributed by atoms with van der Waals surface area (Å²) >= 11 is 0. The van der Waals surface area contributed by atoms with Crippen molar-refractivity contribution < 1.29 is 4.79 Å². The molecule has 0 saturated heterocycles. The van der Waals surface area contributed by atoms with E-state index in [0.29, 0.717) is 12.2 Å². The topological polar surface area (TPSA) is 17.1 Å². The van der Waals surface area contributed by atoms with Crippen LogP contribution in [0, 0.1) is 0 Å². The Balaban J connectivity index is 2.11. The first kappa shape index (κ1) is 12.3. The standard InChI is InChI=1S/C20H16O/c21-19-12-6-11-17-18(14-7-2-1-3-8-14)13-15-9-4-5-10-16(15)20(17)19/h1-5,7-10,13H,6,11-12H2. The number of hydrogen-bond acceptors (Lipinski definition) is 1. The third-order valence-electron chi connectivity index (χ3n) is 4.35. The molecular formula is C20H16O. The minimum absolute atomic E-state index is 0.297. The van der Waals surface area contributed by atoms with Crippen LogP contribution in [-0.2, 0) is 6.42 Å². The molecule has 0 aliphatic heterocycles. The van der Waals surface area contributed by atoms with E-state index in [0.717, 1.165) is 29.2 Å². The molecule has 0 heterocycles. The number of carbonyl (C=O) groups is 1. The Bertz CT molecular complexity index is 831. The fraction of sp³-hybridized carbons (Fsp3) is 0.150. The lowest BCUT2D eigenvalue weighted by atomic mass is 9.82. The van der Waals surface area contributed by atoms with Gasteiger partial charge in [0.2, 0.25) is 0 Å². The maximum atomic E-state index is 12.5. The van der Waals surface area contributed by atoms with E-state index in [2.05, 4.69) is 42.5 Å². The third kappa shape index (κ3) is 1.97. The van der Waals surface area contributed by atoms with Crippen LogP contribution >= 0.6 is 0 Å². The van der Waals surface area contributed by atoms with Crippen molar-refractivity contribution in [2.75, 3.05) is 0 Å². The van der Waals surface area contributed by atoms with Crippen molar-refractivity contribution in [1.29, 1.82) is 0 Å². The predicted octanol–water partition coefficient (Wildman–Crippen LogP) is 5.03. The van der Waals surface area contributed by atoms with E-state index >= 15 is 0 Å². The number of carbonyl (C=O) groups excluding carboxylic acids is 1. The molecule has 0 aromatic heterocycles. The largest absolute Gasteiger partial charge is 0.294 e. The first-order valence-electron chi connectivity index (χ1n) is 7.48. The number of ketones is 1. The minimum atomic E-state index is 0.297. The first-order valence-corrected chi connectivity index (χ1v) is 7.48. The number of hydrogen-bond donors (Lipinski definition) is 0. The average molecular weight is 272 g/mol. The van der Waals surface area contributed by atoms with Crippen molar-refractivity contribution in [2.45, 2.75) is 19.3 Å². The molecule has 0 amide bonds. The molecule has 102 valence electrons. The lowest BCUT2D eigenvalue weighted by Gasteiger charge is -2.21. The summed E-state index contributed by atoms with van der Waals surface area (Å²) in [4.78, 5) is 12.5. The fourth-order valence-corrected chi connectivity index (χ4v) is 3.39. The first-order chi connectivity index (χ1) is 10.3. The SMILES string of the molecule is O=C1CCCc2c(-c3ccccc3)cc3ccccc3c21. The Hall–Kier alpha value is -2.41. The van der Waals surface area contributed by atoms with Crippen LogP contribution in [0.5, 0.6) is 0 Å². The van der Waals surface area contributed by atoms with Gasteiger partial charge in [-0.3, -0.25) is 4.79 Å². The molecule has 1 nitrogen and oxygen atoms in total. The Kier molecular flexibility index (Phi) is 2.85. The highest BCUT2D eigenvalue weighted by Gasteiger charge is 2.23. The molecule has 1 aliphatic rings. The fourth-order valence-electron chi connectivity index (χ4n) is 3.39. The van der Waals surface area contributed by atoms with Crippen LogP contribution in [0.4, 0.5) is 0 Å². The lowest BCUT2D eigenvalue weighted by Crippen LogP contribution is -2.12. The highest BCUT2D eigenvalue weighted by Crippen LogP contribution is 2.36. The molecule has 3 aromatic rings. The third-order valence-corrected chi connectivity index (χ3v) is 4.35. The molecule has 1 heteroatoms. The van der Waals surface area contributed by atoms with Gasteiger partial charge in [0.15, 0.2) is 5.78 Å². The second kappa shape index (κ2) is 4.85. The maximum absolute atomic E-state index is 12.5. The van der Waals surface area contributed by atoms with Crippen molar-refractivity contribution in [2.24, 2.45) is 0 Å². The smallest absolute Gasteiger partial charge is 0.163 e. The number of fused-ring (bicyclic) bond motifs is 3. The molecular weight excluding hydrogens is 256 g/mol. The summed E-state index contributed by atoms with van der Waals surface area (Å²) in [6.07, 6.45) is 2.63. The molecule has 0 atom stereocenters. The van der Waals surface area contributed by atoms with Crippen molar-refractivity contribution in [3.8, 4) is 11.1 Å². The van der Waals surface area contributed by atoms with E-state index in [4.69, 9.17) is 0 Å². The summed E-state index contributed by atoms with van der Waals surface area (Å²) in [7, 11) is 0. The zero-order valence-electron chi connectivity index (χ0n) is 11.8. The highest BCUT2D eigenvalue weighted by molar-refractivity contribution is 6.12. The van der Waals surface area contributed by atoms with Crippen LogP contribution in [0.2, 0.25) is 0 Å². The normalized spacial score (nSPS) is 14.2. The van der Waals surface area contributed by atoms with E-state index in [9.17, 15) is 4.79 Å². The predicted molar refractivity (Wildman–Crippen MR) is 86.7 cm³/mol. The lowest BCUT2D eigenvalue weighted by molar-refractivity contribution is 0.0974. The van der Waals surface area contributed by atoms with Gasteiger partial charge in [0, 0.05) is 12.0 Å². The molecule has 4 rings (SSSR count). The zero-order chi connectivity index (χ0) is 14.2. The van der Waals surface area contributed by atoms with Gasteiger partial charge in [-0.15, -0.1) is 0 Å². The number of benzene rings is 3. The van der Waals surface area contributed by atoms with Gasteiger partial charge in [0.05, 0.1) is 0 Å². The minimum Gasteiger partial charge on any atom is -0.294 e. The monoisotopic (exact) mass is 272 g/mol. The molecule has 0 spiro atoms. The molecule has 0 unspecified atom stereocenters. The van der Waals surface area contributed by atoms with Crippen LogP contribution in [0.1, 0.15) is 28.8 Å². The Morgan fingerprint density at radius 3 is 2.43 bits per heavy atom. The highest BCUT2D eigenvalue weighted by atomic mass is 16.1. The zero-order valence-corrected chi connectivity index (χ0v) is 11.8. The maximum Gasteiger partial charge on any atom is 0.163 e. The molecule has 3 aromatic carbocycles. The van der Waals surface area contributed by atoms with Gasteiger partial charge in [-0.25, -0.2) is 0 Å². The summed E-state index contributed by atoms with van der Waals surface area (Å²) in [6, 6.07) is 20.9. The Labute approximate surface area is 124 Å². The number of rotatable bonds is 1. The molecule has 0 saturated carbocycles. The summed E-state index contributed by atoms with van der Waals surface area (Å²) in [6.45, 7) is 0. The molecule has 0 radical (unpaired) electrons. The molecule has 1 aliphatic carbocycles. The second-order valence-corrected chi connectivity index (χ2v) is 5.64. The molecule has 21 heavy (non-hydrogen) atoms. The van der Waals surface area contributed by atoms with E-state index in [1.165, 1.54) is 16.7 Å². The average Bonchev–Trinajstić information content (AvgIpc) is 2.55. The molecule has 0 bridgehead atoms. The van der Waals surface area contributed by atoms with Crippen LogP contribution in [0.25, 0.3) is 21.9 Å². The Morgan fingerprint density at radius 2 is 1.57 bits per heavy atom. The van der Waals surface area contributed by atoms with Gasteiger partial charge in [-0.1, -0.05) is 54.6 Å². The van der Waals surface area contributed by atoms with Gasteiger partial charge >= 0.3 is 0 Å². The summed E-state index contributed by atoms with van der Waals surface area (Å²) in [5.41, 5.74) is 4.61. The number of Topliss-reactive ketones (excluding diaryl/α,β-unsaturated/α-hetero) is 1. The molecule has 0 fully saturated rings.